The summed E-state index contributed by atoms with van der Waals surface area (Å²) in [6.45, 7) is 0. The molecule has 3 nitrogen and oxygen atoms in total. The lowest BCUT2D eigenvalue weighted by atomic mass is 10.2. The zero-order chi connectivity index (χ0) is 12.7. The molecule has 18 heavy (non-hydrogen) atoms. The van der Waals surface area contributed by atoms with Crippen LogP contribution in [0.15, 0.2) is 40.8 Å². The molecule has 0 saturated carbocycles. The van der Waals surface area contributed by atoms with Crippen molar-refractivity contribution in [2.75, 3.05) is 5.73 Å². The van der Waals surface area contributed by atoms with Crippen molar-refractivity contribution >= 4 is 16.8 Å². The number of oxazole rings is 1. The van der Waals surface area contributed by atoms with Crippen LogP contribution in [-0.2, 0) is 0 Å². The van der Waals surface area contributed by atoms with Crippen LogP contribution in [0.5, 0.6) is 0 Å². The van der Waals surface area contributed by atoms with Crippen LogP contribution in [-0.4, -0.2) is 4.98 Å². The Morgan fingerprint density at radius 2 is 1.89 bits per heavy atom. The summed E-state index contributed by atoms with van der Waals surface area (Å²) in [4.78, 5) is 4.04. The molecular formula is C13H8F2N2O. The van der Waals surface area contributed by atoms with Gasteiger partial charge in [0.25, 0.3) is 0 Å². The number of rotatable bonds is 1. The molecule has 0 spiro atoms. The van der Waals surface area contributed by atoms with Gasteiger partial charge in [-0.05, 0) is 12.1 Å². The van der Waals surface area contributed by atoms with Crippen LogP contribution in [0, 0.1) is 11.6 Å². The molecule has 5 heteroatoms. The lowest BCUT2D eigenvalue weighted by molar-refractivity contribution is 0.593. The minimum atomic E-state index is -0.506. The Hall–Kier alpha value is -2.43. The summed E-state index contributed by atoms with van der Waals surface area (Å²) in [5.74, 6) is -0.878. The molecule has 0 bridgehead atoms. The third-order valence-corrected chi connectivity index (χ3v) is 2.59. The first-order valence-corrected chi connectivity index (χ1v) is 5.25. The zero-order valence-corrected chi connectivity index (χ0v) is 9.15. The molecule has 0 unspecified atom stereocenters. The largest absolute Gasteiger partial charge is 0.434 e. The van der Waals surface area contributed by atoms with Gasteiger partial charge < -0.3 is 10.2 Å². The van der Waals surface area contributed by atoms with E-state index in [-0.39, 0.29) is 28.2 Å². The summed E-state index contributed by atoms with van der Waals surface area (Å²) in [7, 11) is 0. The molecule has 0 fully saturated rings. The van der Waals surface area contributed by atoms with Gasteiger partial charge in [-0.1, -0.05) is 12.1 Å². The van der Waals surface area contributed by atoms with Gasteiger partial charge in [0.2, 0.25) is 5.89 Å². The molecule has 0 atom stereocenters. The Bertz CT molecular complexity index is 737. The highest BCUT2D eigenvalue weighted by Gasteiger charge is 2.14. The van der Waals surface area contributed by atoms with E-state index >= 15 is 0 Å². The summed E-state index contributed by atoms with van der Waals surface area (Å²) < 4.78 is 32.1. The molecule has 0 aliphatic heterocycles. The molecule has 2 N–H and O–H groups in total. The second kappa shape index (κ2) is 3.80. The molecular weight excluding hydrogens is 238 g/mol. The minimum absolute atomic E-state index is 0.0837. The maximum Gasteiger partial charge on any atom is 0.230 e. The molecule has 0 radical (unpaired) electrons. The van der Waals surface area contributed by atoms with Crippen molar-refractivity contribution in [3.8, 4) is 11.5 Å². The predicted molar refractivity (Wildman–Crippen MR) is 63.8 cm³/mol. The summed E-state index contributed by atoms with van der Waals surface area (Å²) >= 11 is 0. The summed E-state index contributed by atoms with van der Waals surface area (Å²) in [5, 5.41) is 0. The summed E-state index contributed by atoms with van der Waals surface area (Å²) in [5.41, 5.74) is 6.50. The second-order valence-corrected chi connectivity index (χ2v) is 3.84. The SMILES string of the molecule is Nc1cc(F)cc2nc(-c3ccccc3F)oc12. The van der Waals surface area contributed by atoms with Crippen molar-refractivity contribution in [2.45, 2.75) is 0 Å². The average molecular weight is 246 g/mol. The van der Waals surface area contributed by atoms with Gasteiger partial charge >= 0.3 is 0 Å². The number of nitrogens with zero attached hydrogens (tertiary/aromatic N) is 1. The molecule has 0 aliphatic carbocycles. The van der Waals surface area contributed by atoms with E-state index in [2.05, 4.69) is 4.98 Å². The normalized spacial score (nSPS) is 11.0. The van der Waals surface area contributed by atoms with Gasteiger partial charge in [0.1, 0.15) is 17.2 Å². The van der Waals surface area contributed by atoms with E-state index in [0.29, 0.717) is 0 Å². The maximum absolute atomic E-state index is 13.6. The smallest absolute Gasteiger partial charge is 0.230 e. The molecule has 0 aliphatic rings. The molecule has 2 aromatic carbocycles. The van der Waals surface area contributed by atoms with Gasteiger partial charge in [0.05, 0.1) is 11.3 Å². The number of aromatic nitrogens is 1. The number of nitrogen functional groups attached to an aromatic ring is 1. The van der Waals surface area contributed by atoms with E-state index in [4.69, 9.17) is 10.2 Å². The fraction of sp³-hybridized carbons (Fsp3) is 0. The third kappa shape index (κ3) is 1.60. The van der Waals surface area contributed by atoms with Gasteiger partial charge in [-0.3, -0.25) is 0 Å². The predicted octanol–water partition coefficient (Wildman–Crippen LogP) is 3.36. The van der Waals surface area contributed by atoms with Crippen molar-refractivity contribution in [2.24, 2.45) is 0 Å². The second-order valence-electron chi connectivity index (χ2n) is 3.84. The monoisotopic (exact) mass is 246 g/mol. The first-order valence-electron chi connectivity index (χ1n) is 5.25. The summed E-state index contributed by atoms with van der Waals surface area (Å²) in [6, 6.07) is 8.39. The van der Waals surface area contributed by atoms with Gasteiger partial charge in [-0.25, -0.2) is 13.8 Å². The number of benzene rings is 2. The summed E-state index contributed by atoms with van der Waals surface area (Å²) in [6.07, 6.45) is 0. The number of hydrogen-bond acceptors (Lipinski definition) is 3. The van der Waals surface area contributed by atoms with E-state index in [9.17, 15) is 8.78 Å². The van der Waals surface area contributed by atoms with Gasteiger partial charge in [0.15, 0.2) is 5.58 Å². The molecule has 3 rings (SSSR count). The quantitative estimate of drug-likeness (QED) is 0.670. The number of halogens is 2. The maximum atomic E-state index is 13.6. The fourth-order valence-electron chi connectivity index (χ4n) is 1.77. The Balaban J connectivity index is 2.26. The molecule has 1 aromatic heterocycles. The van der Waals surface area contributed by atoms with Crippen LogP contribution < -0.4 is 5.73 Å². The Morgan fingerprint density at radius 3 is 2.67 bits per heavy atom. The molecule has 0 saturated heterocycles. The van der Waals surface area contributed by atoms with Crippen molar-refractivity contribution in [1.82, 2.24) is 4.98 Å². The highest BCUT2D eigenvalue weighted by Crippen LogP contribution is 2.29. The van der Waals surface area contributed by atoms with E-state index in [0.717, 1.165) is 6.07 Å². The number of nitrogens with two attached hydrogens (primary N) is 1. The first-order chi connectivity index (χ1) is 8.65. The van der Waals surface area contributed by atoms with Crippen molar-refractivity contribution < 1.29 is 13.2 Å². The van der Waals surface area contributed by atoms with Gasteiger partial charge in [-0.2, -0.15) is 0 Å². The van der Waals surface area contributed by atoms with Crippen molar-refractivity contribution in [1.29, 1.82) is 0 Å². The highest BCUT2D eigenvalue weighted by molar-refractivity contribution is 5.86. The van der Waals surface area contributed by atoms with Crippen LogP contribution >= 0.6 is 0 Å². The van der Waals surface area contributed by atoms with E-state index in [1.54, 1.807) is 12.1 Å². The minimum Gasteiger partial charge on any atom is -0.434 e. The molecule has 1 heterocycles. The van der Waals surface area contributed by atoms with Crippen molar-refractivity contribution in [3.05, 3.63) is 48.0 Å². The third-order valence-electron chi connectivity index (χ3n) is 2.59. The van der Waals surface area contributed by atoms with E-state index in [1.165, 1.54) is 18.2 Å². The average Bonchev–Trinajstić information content (AvgIpc) is 2.73. The fourth-order valence-corrected chi connectivity index (χ4v) is 1.77. The molecule has 90 valence electrons. The zero-order valence-electron chi connectivity index (χ0n) is 9.15. The number of hydrogen-bond donors (Lipinski definition) is 1. The highest BCUT2D eigenvalue weighted by atomic mass is 19.1. The van der Waals surface area contributed by atoms with Gasteiger partial charge in [-0.15, -0.1) is 0 Å². The van der Waals surface area contributed by atoms with Crippen LogP contribution in [0.1, 0.15) is 0 Å². The van der Waals surface area contributed by atoms with Crippen LogP contribution in [0.25, 0.3) is 22.6 Å². The number of anilines is 1. The number of fused-ring (bicyclic) bond motifs is 1. The lowest BCUT2D eigenvalue weighted by Gasteiger charge is -1.96. The Kier molecular flexibility index (Phi) is 2.26. The standard InChI is InChI=1S/C13H8F2N2O/c14-7-5-10(16)12-11(6-7)17-13(18-12)8-3-1-2-4-9(8)15/h1-6H,16H2. The van der Waals surface area contributed by atoms with Crippen molar-refractivity contribution in [3.63, 3.8) is 0 Å². The topological polar surface area (TPSA) is 52.0 Å². The van der Waals surface area contributed by atoms with Crippen LogP contribution in [0.2, 0.25) is 0 Å². The Labute approximate surface area is 101 Å². The lowest BCUT2D eigenvalue weighted by Crippen LogP contribution is -1.86. The molecule has 0 amide bonds. The van der Waals surface area contributed by atoms with E-state index in [1.807, 2.05) is 0 Å². The van der Waals surface area contributed by atoms with E-state index < -0.39 is 11.6 Å². The molecule has 3 aromatic rings. The van der Waals surface area contributed by atoms with Gasteiger partial charge in [0, 0.05) is 12.1 Å². The Morgan fingerprint density at radius 1 is 1.11 bits per heavy atom. The first kappa shape index (κ1) is 10.7. The van der Waals surface area contributed by atoms with Crippen LogP contribution in [0.4, 0.5) is 14.5 Å². The van der Waals surface area contributed by atoms with Crippen LogP contribution in [0.3, 0.4) is 0 Å².